The maximum absolute atomic E-state index is 11.0. The fourth-order valence-electron chi connectivity index (χ4n) is 0.976. The fourth-order valence-corrected chi connectivity index (χ4v) is 0.976. The van der Waals surface area contributed by atoms with Crippen LogP contribution < -0.4 is 5.73 Å². The van der Waals surface area contributed by atoms with E-state index in [1.54, 1.807) is 12.1 Å². The van der Waals surface area contributed by atoms with Crippen LogP contribution in [0.4, 0.5) is 0 Å². The molecule has 0 aliphatic heterocycles. The summed E-state index contributed by atoms with van der Waals surface area (Å²) in [4.78, 5) is 31.9. The van der Waals surface area contributed by atoms with Crippen molar-refractivity contribution in [3.05, 3.63) is 35.4 Å². The molecule has 1 amide bonds. The van der Waals surface area contributed by atoms with Gasteiger partial charge in [0, 0.05) is 5.56 Å². The fraction of sp³-hybridized carbons (Fsp3) is 0. The lowest BCUT2D eigenvalue weighted by Crippen LogP contribution is -2.16. The number of Topliss-reactive ketones (excluding diaryl/α,β-unsaturated/α-hetero) is 1. The van der Waals surface area contributed by atoms with Crippen LogP contribution in [0.25, 0.3) is 0 Å². The third-order valence-corrected chi connectivity index (χ3v) is 1.57. The van der Waals surface area contributed by atoms with Crippen LogP contribution in [0, 0.1) is 0 Å². The van der Waals surface area contributed by atoms with Gasteiger partial charge in [0.15, 0.2) is 6.29 Å². The molecule has 0 aliphatic carbocycles. The topological polar surface area (TPSA) is 77.2 Å². The van der Waals surface area contributed by atoms with Crippen LogP contribution in [-0.2, 0) is 4.79 Å². The number of hydrogen-bond acceptors (Lipinski definition) is 3. The molecular weight excluding hydrogens is 170 g/mol. The van der Waals surface area contributed by atoms with E-state index in [1.165, 1.54) is 12.1 Å². The number of ketones is 1. The van der Waals surface area contributed by atoms with Gasteiger partial charge in [0.1, 0.15) is 0 Å². The molecule has 0 saturated carbocycles. The highest BCUT2D eigenvalue weighted by atomic mass is 16.2. The molecule has 0 spiro atoms. The van der Waals surface area contributed by atoms with Crippen molar-refractivity contribution >= 4 is 18.0 Å². The van der Waals surface area contributed by atoms with Crippen molar-refractivity contribution in [2.75, 3.05) is 0 Å². The Morgan fingerprint density at radius 2 is 1.69 bits per heavy atom. The minimum atomic E-state index is -0.741. The van der Waals surface area contributed by atoms with Gasteiger partial charge in [-0.15, -0.1) is 0 Å². The highest BCUT2D eigenvalue weighted by molar-refractivity contribution is 6.35. The van der Waals surface area contributed by atoms with E-state index >= 15 is 0 Å². The van der Waals surface area contributed by atoms with Gasteiger partial charge in [0.25, 0.3) is 0 Å². The van der Waals surface area contributed by atoms with E-state index in [2.05, 4.69) is 0 Å². The molecule has 1 aromatic rings. The maximum Gasteiger partial charge on any atom is 0.249 e. The van der Waals surface area contributed by atoms with Crippen LogP contribution in [0.5, 0.6) is 0 Å². The third-order valence-electron chi connectivity index (χ3n) is 1.57. The van der Waals surface area contributed by atoms with Gasteiger partial charge in [-0.1, -0.05) is 18.2 Å². The smallest absolute Gasteiger partial charge is 0.249 e. The van der Waals surface area contributed by atoms with Crippen molar-refractivity contribution in [1.82, 2.24) is 0 Å². The summed E-state index contributed by atoms with van der Waals surface area (Å²) in [5.41, 5.74) is 5.12. The van der Waals surface area contributed by atoms with Gasteiger partial charge in [-0.05, 0) is 6.07 Å². The number of benzene rings is 1. The molecule has 4 nitrogen and oxygen atoms in total. The van der Waals surface area contributed by atoms with Gasteiger partial charge >= 0.3 is 0 Å². The lowest BCUT2D eigenvalue weighted by Gasteiger charge is -1.99. The molecule has 1 aromatic carbocycles. The molecule has 0 atom stereocenters. The van der Waals surface area contributed by atoms with Crippen LogP contribution in [0.2, 0.25) is 0 Å². The third kappa shape index (κ3) is 1.79. The first-order chi connectivity index (χ1) is 6.16. The summed E-state index contributed by atoms with van der Waals surface area (Å²) in [5, 5.41) is 0. The van der Waals surface area contributed by atoms with Crippen molar-refractivity contribution in [2.24, 2.45) is 5.73 Å². The van der Waals surface area contributed by atoms with Crippen molar-refractivity contribution in [3.63, 3.8) is 0 Å². The highest BCUT2D eigenvalue weighted by Gasteiger charge is 2.12. The Balaban J connectivity index is 3.27. The number of carbonyl (C=O) groups is 3. The Bertz CT molecular complexity index is 371. The molecular formula is C9H7NO3. The Morgan fingerprint density at radius 1 is 1.15 bits per heavy atom. The molecule has 1 rings (SSSR count). The van der Waals surface area contributed by atoms with Gasteiger partial charge in [0.05, 0.1) is 5.56 Å². The Labute approximate surface area is 74.4 Å². The molecule has 0 aliphatic rings. The number of rotatable bonds is 3. The van der Waals surface area contributed by atoms with Gasteiger partial charge < -0.3 is 5.73 Å². The van der Waals surface area contributed by atoms with Gasteiger partial charge in [-0.25, -0.2) is 0 Å². The minimum Gasteiger partial charge on any atom is -0.366 e. The number of hydrogen-bond donors (Lipinski definition) is 1. The summed E-state index contributed by atoms with van der Waals surface area (Å²) in [7, 11) is 0. The van der Waals surface area contributed by atoms with Gasteiger partial charge in [-0.3, -0.25) is 14.4 Å². The van der Waals surface area contributed by atoms with E-state index in [9.17, 15) is 14.4 Å². The van der Waals surface area contributed by atoms with E-state index in [0.29, 0.717) is 0 Å². The zero-order valence-electron chi connectivity index (χ0n) is 6.69. The summed E-state index contributed by atoms with van der Waals surface area (Å²) >= 11 is 0. The molecule has 0 heterocycles. The molecule has 0 unspecified atom stereocenters. The normalized spacial score (nSPS) is 9.23. The second-order valence-corrected chi connectivity index (χ2v) is 2.39. The van der Waals surface area contributed by atoms with E-state index < -0.39 is 11.7 Å². The molecule has 2 N–H and O–H groups in total. The quantitative estimate of drug-likeness (QED) is 0.406. The van der Waals surface area contributed by atoms with Crippen LogP contribution >= 0.6 is 0 Å². The second kappa shape index (κ2) is 3.62. The van der Waals surface area contributed by atoms with Crippen LogP contribution in [0.1, 0.15) is 20.7 Å². The molecule has 0 fully saturated rings. The minimum absolute atomic E-state index is 0.0463. The predicted octanol–water partition coefficient (Wildman–Crippen LogP) is 0.167. The molecule has 0 aromatic heterocycles. The molecule has 0 saturated heterocycles. The number of amides is 1. The molecule has 13 heavy (non-hydrogen) atoms. The van der Waals surface area contributed by atoms with E-state index in [1.807, 2.05) is 0 Å². The maximum atomic E-state index is 11.0. The van der Waals surface area contributed by atoms with Crippen LogP contribution in [-0.4, -0.2) is 18.0 Å². The van der Waals surface area contributed by atoms with E-state index in [0.717, 1.165) is 0 Å². The standard InChI is InChI=1S/C9H7NO3/c10-9(13)7-4-2-1-3-6(7)8(12)5-11/h1-5H,(H2,10,13). The zero-order chi connectivity index (χ0) is 9.84. The van der Waals surface area contributed by atoms with Crippen molar-refractivity contribution in [1.29, 1.82) is 0 Å². The average molecular weight is 177 g/mol. The molecule has 4 heteroatoms. The van der Waals surface area contributed by atoms with E-state index in [4.69, 9.17) is 5.73 Å². The first kappa shape index (κ1) is 9.12. The van der Waals surface area contributed by atoms with E-state index in [-0.39, 0.29) is 17.4 Å². The predicted molar refractivity (Wildman–Crippen MR) is 45.4 cm³/mol. The largest absolute Gasteiger partial charge is 0.366 e. The average Bonchev–Trinajstić information content (AvgIpc) is 2.16. The lowest BCUT2D eigenvalue weighted by atomic mass is 10.0. The van der Waals surface area contributed by atoms with Crippen molar-refractivity contribution < 1.29 is 14.4 Å². The summed E-state index contributed by atoms with van der Waals surface area (Å²) in [5.74, 6) is -1.46. The van der Waals surface area contributed by atoms with Crippen molar-refractivity contribution in [3.8, 4) is 0 Å². The van der Waals surface area contributed by atoms with Gasteiger partial charge in [-0.2, -0.15) is 0 Å². The summed E-state index contributed by atoms with van der Waals surface area (Å²) < 4.78 is 0. The Morgan fingerprint density at radius 3 is 2.15 bits per heavy atom. The molecule has 0 bridgehead atoms. The molecule has 0 radical (unpaired) electrons. The lowest BCUT2D eigenvalue weighted by molar-refractivity contribution is -0.104. The number of primary amides is 1. The Kier molecular flexibility index (Phi) is 2.54. The monoisotopic (exact) mass is 177 g/mol. The van der Waals surface area contributed by atoms with Gasteiger partial charge in [0.2, 0.25) is 11.7 Å². The number of aldehydes is 1. The van der Waals surface area contributed by atoms with Crippen molar-refractivity contribution in [2.45, 2.75) is 0 Å². The second-order valence-electron chi connectivity index (χ2n) is 2.39. The van der Waals surface area contributed by atoms with Crippen LogP contribution in [0.15, 0.2) is 24.3 Å². The summed E-state index contributed by atoms with van der Waals surface area (Å²) in [6, 6.07) is 5.92. The summed E-state index contributed by atoms with van der Waals surface area (Å²) in [6.45, 7) is 0. The molecule has 66 valence electrons. The zero-order valence-corrected chi connectivity index (χ0v) is 6.69. The Hall–Kier alpha value is -1.97. The number of carbonyl (C=O) groups excluding carboxylic acids is 3. The first-order valence-corrected chi connectivity index (χ1v) is 3.55. The summed E-state index contributed by atoms with van der Waals surface area (Å²) in [6.07, 6.45) is 0.155. The highest BCUT2D eigenvalue weighted by Crippen LogP contribution is 2.07. The SMILES string of the molecule is NC(=O)c1ccccc1C(=O)C=O. The first-order valence-electron chi connectivity index (χ1n) is 3.55. The van der Waals surface area contributed by atoms with Crippen LogP contribution in [0.3, 0.4) is 0 Å². The number of nitrogens with two attached hydrogens (primary N) is 1.